The van der Waals surface area contributed by atoms with E-state index in [1.807, 2.05) is 0 Å². The predicted octanol–water partition coefficient (Wildman–Crippen LogP) is 3.53. The number of amides is 1. The number of carbonyl (C=O) groups excluding carboxylic acids is 2. The summed E-state index contributed by atoms with van der Waals surface area (Å²) in [5, 5.41) is 21.6. The van der Waals surface area contributed by atoms with Gasteiger partial charge in [0.15, 0.2) is 23.2 Å². The number of carbonyl (C=O) groups is 3. The fourth-order valence-electron chi connectivity index (χ4n) is 3.51. The van der Waals surface area contributed by atoms with Crippen molar-refractivity contribution in [2.75, 3.05) is 6.54 Å². The van der Waals surface area contributed by atoms with E-state index in [1.54, 1.807) is 6.92 Å². The first-order valence-corrected chi connectivity index (χ1v) is 10.0. The van der Waals surface area contributed by atoms with E-state index in [2.05, 4.69) is 5.32 Å². The second-order valence-corrected chi connectivity index (χ2v) is 7.70. The molecule has 2 aromatic carbocycles. The molecule has 3 rings (SSSR count). The summed E-state index contributed by atoms with van der Waals surface area (Å²) < 4.78 is 42.2. The SMILES string of the molecule is Cc1c(CCC(=O)NC[C@H](C)C(=O)O)c2cc(O)c(F)cc2n1C(=O)c1ccc(F)c(F)c1. The minimum atomic E-state index is -1.22. The number of phenols is 1. The van der Waals surface area contributed by atoms with Crippen molar-refractivity contribution in [1.82, 2.24) is 9.88 Å². The van der Waals surface area contributed by atoms with Crippen LogP contribution in [0.15, 0.2) is 30.3 Å². The van der Waals surface area contributed by atoms with E-state index < -0.39 is 46.9 Å². The minimum Gasteiger partial charge on any atom is -0.505 e. The first-order chi connectivity index (χ1) is 15.5. The van der Waals surface area contributed by atoms with Crippen molar-refractivity contribution in [3.05, 3.63) is 64.6 Å². The zero-order chi connectivity index (χ0) is 24.4. The van der Waals surface area contributed by atoms with Crippen LogP contribution in [-0.2, 0) is 16.0 Å². The van der Waals surface area contributed by atoms with E-state index in [4.69, 9.17) is 5.11 Å². The quantitative estimate of drug-likeness (QED) is 0.498. The summed E-state index contributed by atoms with van der Waals surface area (Å²) in [5.41, 5.74) is 0.718. The molecule has 0 saturated carbocycles. The smallest absolute Gasteiger partial charge is 0.308 e. The Hall–Kier alpha value is -3.82. The van der Waals surface area contributed by atoms with Gasteiger partial charge in [0.05, 0.1) is 11.4 Å². The second kappa shape index (κ2) is 9.35. The highest BCUT2D eigenvalue weighted by Gasteiger charge is 2.23. The van der Waals surface area contributed by atoms with Crippen molar-refractivity contribution in [1.29, 1.82) is 0 Å². The first kappa shape index (κ1) is 23.8. The van der Waals surface area contributed by atoms with Crippen LogP contribution >= 0.6 is 0 Å². The maximum absolute atomic E-state index is 14.1. The van der Waals surface area contributed by atoms with Gasteiger partial charge in [-0.3, -0.25) is 19.0 Å². The molecule has 0 bridgehead atoms. The molecule has 3 aromatic rings. The number of rotatable bonds is 7. The van der Waals surface area contributed by atoms with Crippen LogP contribution < -0.4 is 5.32 Å². The van der Waals surface area contributed by atoms with E-state index in [0.717, 1.165) is 34.9 Å². The van der Waals surface area contributed by atoms with Crippen LogP contribution in [0.25, 0.3) is 10.9 Å². The third-order valence-corrected chi connectivity index (χ3v) is 5.40. The summed E-state index contributed by atoms with van der Waals surface area (Å²) in [6.45, 7) is 2.93. The predicted molar refractivity (Wildman–Crippen MR) is 113 cm³/mol. The van der Waals surface area contributed by atoms with E-state index in [0.29, 0.717) is 16.6 Å². The van der Waals surface area contributed by atoms with Crippen molar-refractivity contribution in [2.24, 2.45) is 5.92 Å². The molecule has 0 unspecified atom stereocenters. The first-order valence-electron chi connectivity index (χ1n) is 10.0. The summed E-state index contributed by atoms with van der Waals surface area (Å²) in [7, 11) is 0. The Balaban J connectivity index is 1.97. The summed E-state index contributed by atoms with van der Waals surface area (Å²) in [4.78, 5) is 36.1. The van der Waals surface area contributed by atoms with Crippen molar-refractivity contribution in [3.8, 4) is 5.75 Å². The summed E-state index contributed by atoms with van der Waals surface area (Å²) in [6, 6.07) is 4.72. The van der Waals surface area contributed by atoms with E-state index in [-0.39, 0.29) is 30.5 Å². The lowest BCUT2D eigenvalue weighted by molar-refractivity contribution is -0.141. The molecule has 7 nitrogen and oxygen atoms in total. The number of aryl methyl sites for hydroxylation is 1. The number of nitrogens with zero attached hydrogens (tertiary/aromatic N) is 1. The number of halogens is 3. The van der Waals surface area contributed by atoms with Crippen LogP contribution in [0.3, 0.4) is 0 Å². The molecule has 1 amide bonds. The number of nitrogens with one attached hydrogen (secondary N) is 1. The number of carboxylic acids is 1. The van der Waals surface area contributed by atoms with Crippen LogP contribution in [0.1, 0.15) is 35.0 Å². The average Bonchev–Trinajstić information content (AvgIpc) is 3.02. The molecule has 33 heavy (non-hydrogen) atoms. The van der Waals surface area contributed by atoms with Crippen molar-refractivity contribution in [2.45, 2.75) is 26.7 Å². The van der Waals surface area contributed by atoms with Gasteiger partial charge in [-0.2, -0.15) is 0 Å². The molecule has 3 N–H and O–H groups in total. The third kappa shape index (κ3) is 4.84. The monoisotopic (exact) mass is 462 g/mol. The zero-order valence-electron chi connectivity index (χ0n) is 17.8. The average molecular weight is 462 g/mol. The lowest BCUT2D eigenvalue weighted by atomic mass is 10.0. The van der Waals surface area contributed by atoms with Gasteiger partial charge in [-0.25, -0.2) is 13.2 Å². The molecular weight excluding hydrogens is 441 g/mol. The van der Waals surface area contributed by atoms with E-state index >= 15 is 0 Å². The summed E-state index contributed by atoms with van der Waals surface area (Å²) in [5.74, 6) is -6.97. The van der Waals surface area contributed by atoms with Gasteiger partial charge in [-0.15, -0.1) is 0 Å². The molecule has 10 heteroatoms. The van der Waals surface area contributed by atoms with Crippen LogP contribution in [0.5, 0.6) is 5.75 Å². The van der Waals surface area contributed by atoms with Crippen LogP contribution in [0.4, 0.5) is 13.2 Å². The van der Waals surface area contributed by atoms with Crippen molar-refractivity contribution >= 4 is 28.7 Å². The van der Waals surface area contributed by atoms with Gasteiger partial charge >= 0.3 is 5.97 Å². The largest absolute Gasteiger partial charge is 0.505 e. The third-order valence-electron chi connectivity index (χ3n) is 5.40. The number of benzene rings is 2. The highest BCUT2D eigenvalue weighted by atomic mass is 19.2. The van der Waals surface area contributed by atoms with Crippen molar-refractivity contribution < 1.29 is 37.8 Å². The van der Waals surface area contributed by atoms with Crippen molar-refractivity contribution in [3.63, 3.8) is 0 Å². The standard InChI is InChI=1S/C23H21F3N2O5/c1-11(23(32)33)10-27-21(30)6-4-14-12(2)28(19-9-18(26)20(29)8-15(14)19)22(31)13-3-5-16(24)17(25)7-13/h3,5,7-9,11,29H,4,6,10H2,1-2H3,(H,27,30)(H,32,33)/t11-/m0/s1. The molecular formula is C23H21F3N2O5. The molecule has 0 aliphatic heterocycles. The number of aromatic hydroxyl groups is 1. The Morgan fingerprint density at radius 2 is 1.76 bits per heavy atom. The topological polar surface area (TPSA) is 109 Å². The summed E-state index contributed by atoms with van der Waals surface area (Å²) >= 11 is 0. The van der Waals surface area contributed by atoms with E-state index in [9.17, 15) is 32.7 Å². The number of hydrogen-bond acceptors (Lipinski definition) is 4. The van der Waals surface area contributed by atoms with E-state index in [1.165, 1.54) is 6.92 Å². The molecule has 0 aliphatic carbocycles. The molecule has 1 atom stereocenters. The second-order valence-electron chi connectivity index (χ2n) is 7.70. The van der Waals surface area contributed by atoms with Gasteiger partial charge in [0.2, 0.25) is 5.91 Å². The fourth-order valence-corrected chi connectivity index (χ4v) is 3.51. The normalized spacial score (nSPS) is 12.0. The van der Waals surface area contributed by atoms with Crippen LogP contribution in [0.2, 0.25) is 0 Å². The highest BCUT2D eigenvalue weighted by molar-refractivity contribution is 6.04. The number of aliphatic carboxylic acids is 1. The van der Waals surface area contributed by atoms with Gasteiger partial charge < -0.3 is 15.5 Å². The molecule has 0 radical (unpaired) electrons. The maximum atomic E-state index is 14.1. The number of aromatic nitrogens is 1. The van der Waals surface area contributed by atoms with Gasteiger partial charge in [0.1, 0.15) is 0 Å². The lowest BCUT2D eigenvalue weighted by Crippen LogP contribution is -2.31. The maximum Gasteiger partial charge on any atom is 0.308 e. The number of hydrogen-bond donors (Lipinski definition) is 3. The molecule has 0 saturated heterocycles. The van der Waals surface area contributed by atoms with Gasteiger partial charge in [-0.1, -0.05) is 6.92 Å². The molecule has 0 fully saturated rings. The molecule has 1 aromatic heterocycles. The Bertz CT molecular complexity index is 1270. The Kier molecular flexibility index (Phi) is 6.75. The minimum absolute atomic E-state index is 0.0600. The number of carboxylic acid groups (broad SMARTS) is 1. The zero-order valence-corrected chi connectivity index (χ0v) is 17.8. The number of fused-ring (bicyclic) bond motifs is 1. The fraction of sp³-hybridized carbons (Fsp3) is 0.261. The van der Waals surface area contributed by atoms with Gasteiger partial charge in [0.25, 0.3) is 5.91 Å². The number of phenolic OH excluding ortho intramolecular Hbond substituents is 1. The highest BCUT2D eigenvalue weighted by Crippen LogP contribution is 2.32. The molecule has 1 heterocycles. The Morgan fingerprint density at radius 3 is 2.39 bits per heavy atom. The Morgan fingerprint density at radius 1 is 1.06 bits per heavy atom. The van der Waals surface area contributed by atoms with Gasteiger partial charge in [-0.05, 0) is 43.2 Å². The van der Waals surface area contributed by atoms with Gasteiger partial charge in [0, 0.05) is 35.7 Å². The molecule has 0 aliphatic rings. The lowest BCUT2D eigenvalue weighted by Gasteiger charge is -2.09. The van der Waals surface area contributed by atoms with Crippen LogP contribution in [0, 0.1) is 30.3 Å². The summed E-state index contributed by atoms with van der Waals surface area (Å²) in [6.07, 6.45) is 0.0303. The Labute approximate surface area is 186 Å². The molecule has 174 valence electrons. The molecule has 0 spiro atoms. The van der Waals surface area contributed by atoms with Crippen LogP contribution in [-0.4, -0.2) is 39.1 Å².